The monoisotopic (exact) mass is 211 g/mol. The predicted octanol–water partition coefficient (Wildman–Crippen LogP) is 0.323. The van der Waals surface area contributed by atoms with Crippen molar-refractivity contribution in [3.05, 3.63) is 0 Å². The fourth-order valence-electron chi connectivity index (χ4n) is 1.03. The van der Waals surface area contributed by atoms with E-state index in [1.54, 1.807) is 7.05 Å². The largest absolute Gasteiger partial charge is 0.491 e. The van der Waals surface area contributed by atoms with Crippen LogP contribution in [0, 0.1) is 0 Å². The third-order valence-electron chi connectivity index (χ3n) is 1.98. The first kappa shape index (κ1) is 11.0. The van der Waals surface area contributed by atoms with Crippen LogP contribution >= 0.6 is 0 Å². The maximum absolute atomic E-state index is 11.7. The van der Waals surface area contributed by atoms with Crippen LogP contribution in [0.1, 0.15) is 6.42 Å². The van der Waals surface area contributed by atoms with Gasteiger partial charge in [0.15, 0.2) is 0 Å². The van der Waals surface area contributed by atoms with Crippen molar-refractivity contribution < 1.29 is 27.5 Å². The van der Waals surface area contributed by atoms with Crippen LogP contribution in [0.2, 0.25) is 0 Å². The first-order chi connectivity index (χ1) is 6.32. The van der Waals surface area contributed by atoms with Crippen LogP contribution in [0.25, 0.3) is 0 Å². The highest BCUT2D eigenvalue weighted by molar-refractivity contribution is 5.91. The number of hydrogen-bond donors (Lipinski definition) is 0. The normalized spacial score (nSPS) is 22.7. The highest BCUT2D eigenvalue weighted by Crippen LogP contribution is 2.20. The van der Waals surface area contributed by atoms with Crippen molar-refractivity contribution in [1.29, 1.82) is 0 Å². The van der Waals surface area contributed by atoms with Crippen LogP contribution in [-0.2, 0) is 14.3 Å². The number of hydrogen-bond acceptors (Lipinski definition) is 4. The number of carbonyl (C=O) groups is 2. The first-order valence-corrected chi connectivity index (χ1v) is 3.85. The van der Waals surface area contributed by atoms with E-state index in [4.69, 9.17) is 0 Å². The Hall–Kier alpha value is -1.11. The molecule has 1 saturated heterocycles. The Labute approximate surface area is 77.6 Å². The van der Waals surface area contributed by atoms with Crippen molar-refractivity contribution in [2.75, 3.05) is 13.6 Å². The van der Waals surface area contributed by atoms with Gasteiger partial charge in [-0.2, -0.15) is 13.2 Å². The van der Waals surface area contributed by atoms with Gasteiger partial charge >= 0.3 is 18.1 Å². The molecule has 0 aliphatic carbocycles. The smallest absolute Gasteiger partial charge is 0.385 e. The first-order valence-electron chi connectivity index (χ1n) is 3.85. The van der Waals surface area contributed by atoms with Crippen LogP contribution in [0.4, 0.5) is 13.2 Å². The van der Waals surface area contributed by atoms with Gasteiger partial charge in [0.05, 0.1) is 0 Å². The van der Waals surface area contributed by atoms with Gasteiger partial charge < -0.3 is 4.74 Å². The highest BCUT2D eigenvalue weighted by Gasteiger charge is 2.44. The summed E-state index contributed by atoms with van der Waals surface area (Å²) < 4.78 is 38.6. The van der Waals surface area contributed by atoms with Crippen LogP contribution in [0.5, 0.6) is 0 Å². The number of rotatable bonds is 1. The summed E-state index contributed by atoms with van der Waals surface area (Å²) in [5.41, 5.74) is 0. The SMILES string of the molecule is CN1CC[C@H]1C(=O)OC(=O)C(F)(F)F. The molecule has 1 aliphatic rings. The molecule has 0 amide bonds. The molecule has 1 heterocycles. The summed E-state index contributed by atoms with van der Waals surface area (Å²) in [5.74, 6) is -3.59. The summed E-state index contributed by atoms with van der Waals surface area (Å²) in [6.45, 7) is 0.611. The average molecular weight is 211 g/mol. The van der Waals surface area contributed by atoms with Gasteiger partial charge in [-0.1, -0.05) is 0 Å². The molecule has 0 radical (unpaired) electrons. The van der Waals surface area contributed by atoms with E-state index in [0.29, 0.717) is 13.0 Å². The second kappa shape index (κ2) is 3.56. The van der Waals surface area contributed by atoms with Gasteiger partial charge in [-0.3, -0.25) is 4.90 Å². The second-order valence-electron chi connectivity index (χ2n) is 2.99. The zero-order chi connectivity index (χ0) is 10.9. The standard InChI is InChI=1S/C7H8F3NO3/c1-11-3-2-4(11)5(12)14-6(13)7(8,9)10/h4H,2-3H2,1H3/t4-/m0/s1. The molecular formula is C7H8F3NO3. The lowest BCUT2D eigenvalue weighted by Gasteiger charge is -2.35. The number of alkyl halides is 3. The molecule has 0 saturated carbocycles. The van der Waals surface area contributed by atoms with E-state index < -0.39 is 24.2 Å². The van der Waals surface area contributed by atoms with Gasteiger partial charge in [-0.05, 0) is 13.5 Å². The Morgan fingerprint density at radius 3 is 2.29 bits per heavy atom. The molecule has 14 heavy (non-hydrogen) atoms. The zero-order valence-electron chi connectivity index (χ0n) is 7.30. The van der Waals surface area contributed by atoms with Gasteiger partial charge in [-0.15, -0.1) is 0 Å². The minimum Gasteiger partial charge on any atom is -0.385 e. The van der Waals surface area contributed by atoms with Gasteiger partial charge in [0, 0.05) is 6.54 Å². The topological polar surface area (TPSA) is 46.6 Å². The summed E-state index contributed by atoms with van der Waals surface area (Å²) >= 11 is 0. The minimum atomic E-state index is -5.11. The van der Waals surface area contributed by atoms with E-state index in [9.17, 15) is 22.8 Å². The van der Waals surface area contributed by atoms with Crippen LogP contribution in [0.15, 0.2) is 0 Å². The third kappa shape index (κ3) is 2.22. The average Bonchev–Trinajstić information content (AvgIpc) is 1.99. The summed E-state index contributed by atoms with van der Waals surface area (Å²) in [4.78, 5) is 22.7. The van der Waals surface area contributed by atoms with Crippen molar-refractivity contribution in [1.82, 2.24) is 4.90 Å². The number of ether oxygens (including phenoxy) is 1. The molecule has 4 nitrogen and oxygen atoms in total. The molecule has 7 heteroatoms. The summed E-state index contributed by atoms with van der Waals surface area (Å²) in [5, 5.41) is 0. The fourth-order valence-corrected chi connectivity index (χ4v) is 1.03. The number of nitrogens with zero attached hydrogens (tertiary/aromatic N) is 1. The summed E-state index contributed by atoms with van der Waals surface area (Å²) in [6, 6.07) is -0.721. The molecule has 0 aromatic carbocycles. The Bertz CT molecular complexity index is 263. The summed E-state index contributed by atoms with van der Waals surface area (Å²) in [6.07, 6.45) is -4.70. The number of carbonyl (C=O) groups excluding carboxylic acids is 2. The van der Waals surface area contributed by atoms with Gasteiger partial charge in [-0.25, -0.2) is 9.59 Å². The van der Waals surface area contributed by atoms with E-state index in [1.165, 1.54) is 4.90 Å². The van der Waals surface area contributed by atoms with Crippen molar-refractivity contribution >= 4 is 11.9 Å². The minimum absolute atomic E-state index is 0.417. The fraction of sp³-hybridized carbons (Fsp3) is 0.714. The van der Waals surface area contributed by atoms with Crippen LogP contribution < -0.4 is 0 Å². The third-order valence-corrected chi connectivity index (χ3v) is 1.98. The molecule has 1 rings (SSSR count). The second-order valence-corrected chi connectivity index (χ2v) is 2.99. The lowest BCUT2D eigenvalue weighted by atomic mass is 10.1. The van der Waals surface area contributed by atoms with E-state index >= 15 is 0 Å². The van der Waals surface area contributed by atoms with Crippen LogP contribution in [-0.4, -0.2) is 42.6 Å². The molecule has 0 unspecified atom stereocenters. The number of esters is 2. The van der Waals surface area contributed by atoms with E-state index in [-0.39, 0.29) is 0 Å². The van der Waals surface area contributed by atoms with Gasteiger partial charge in [0.1, 0.15) is 6.04 Å². The van der Waals surface area contributed by atoms with E-state index in [1.807, 2.05) is 0 Å². The van der Waals surface area contributed by atoms with Gasteiger partial charge in [0.25, 0.3) is 0 Å². The van der Waals surface area contributed by atoms with Crippen molar-refractivity contribution in [2.24, 2.45) is 0 Å². The quantitative estimate of drug-likeness (QED) is 0.463. The molecule has 1 fully saturated rings. The van der Waals surface area contributed by atoms with Gasteiger partial charge in [0.2, 0.25) is 0 Å². The molecule has 1 atom stereocenters. The molecule has 0 bridgehead atoms. The van der Waals surface area contributed by atoms with Crippen molar-refractivity contribution in [3.63, 3.8) is 0 Å². The Balaban J connectivity index is 2.45. The molecule has 80 valence electrons. The number of halogens is 3. The maximum Gasteiger partial charge on any atom is 0.491 e. The zero-order valence-corrected chi connectivity index (χ0v) is 7.30. The molecule has 0 aromatic rings. The number of likely N-dealkylation sites (N-methyl/N-ethyl adjacent to an activating group) is 1. The molecule has 1 aliphatic heterocycles. The Morgan fingerprint density at radius 1 is 1.43 bits per heavy atom. The van der Waals surface area contributed by atoms with Crippen molar-refractivity contribution in [2.45, 2.75) is 18.6 Å². The van der Waals surface area contributed by atoms with Crippen LogP contribution in [0.3, 0.4) is 0 Å². The van der Waals surface area contributed by atoms with E-state index in [2.05, 4.69) is 4.74 Å². The molecular weight excluding hydrogens is 203 g/mol. The van der Waals surface area contributed by atoms with Crippen molar-refractivity contribution in [3.8, 4) is 0 Å². The summed E-state index contributed by atoms with van der Waals surface area (Å²) in [7, 11) is 1.56. The highest BCUT2D eigenvalue weighted by atomic mass is 19.4. The Morgan fingerprint density at radius 2 is 2.00 bits per heavy atom. The van der Waals surface area contributed by atoms with E-state index in [0.717, 1.165) is 0 Å². The lowest BCUT2D eigenvalue weighted by Crippen LogP contribution is -2.51. The maximum atomic E-state index is 11.7. The molecule has 0 N–H and O–H groups in total. The lowest BCUT2D eigenvalue weighted by molar-refractivity contribution is -0.204. The molecule has 0 spiro atoms. The number of likely N-dealkylation sites (tertiary alicyclic amines) is 1. The molecule has 0 aromatic heterocycles. The predicted molar refractivity (Wildman–Crippen MR) is 38.2 cm³/mol. The Kier molecular flexibility index (Phi) is 2.79.